The van der Waals surface area contributed by atoms with E-state index in [0.29, 0.717) is 0 Å². The standard InChI is InChI=1S/C19H33NS2/c1-3-5-6-7-16-13-21-18(22-14-16)17-8-11-19(15-20,10-4-2)12-9-17/h16-18H,3-14H2,1-2H3. The van der Waals surface area contributed by atoms with Crippen molar-refractivity contribution in [1.82, 2.24) is 0 Å². The molecule has 1 heterocycles. The van der Waals surface area contributed by atoms with Crippen molar-refractivity contribution in [2.24, 2.45) is 17.3 Å². The molecule has 0 aromatic rings. The van der Waals surface area contributed by atoms with Crippen molar-refractivity contribution < 1.29 is 0 Å². The van der Waals surface area contributed by atoms with Crippen LogP contribution in [0.3, 0.4) is 0 Å². The van der Waals surface area contributed by atoms with Crippen LogP contribution in [-0.2, 0) is 0 Å². The molecule has 1 saturated carbocycles. The normalized spacial score (nSPS) is 36.0. The van der Waals surface area contributed by atoms with Gasteiger partial charge in [0.05, 0.1) is 16.1 Å². The van der Waals surface area contributed by atoms with Gasteiger partial charge < -0.3 is 0 Å². The number of unbranched alkanes of at least 4 members (excludes halogenated alkanes) is 2. The van der Waals surface area contributed by atoms with Gasteiger partial charge in [-0.25, -0.2) is 0 Å². The lowest BCUT2D eigenvalue weighted by Gasteiger charge is -2.40. The van der Waals surface area contributed by atoms with Crippen molar-refractivity contribution in [1.29, 1.82) is 5.26 Å². The molecule has 2 fully saturated rings. The maximum Gasteiger partial charge on any atom is 0.0689 e. The Morgan fingerprint density at radius 2 is 1.73 bits per heavy atom. The second-order valence-corrected chi connectivity index (χ2v) is 10.0. The van der Waals surface area contributed by atoms with Crippen LogP contribution in [0.2, 0.25) is 0 Å². The summed E-state index contributed by atoms with van der Waals surface area (Å²) in [4.78, 5) is 0. The van der Waals surface area contributed by atoms with Gasteiger partial charge in [-0.1, -0.05) is 39.5 Å². The van der Waals surface area contributed by atoms with Crippen LogP contribution in [0.1, 0.15) is 78.1 Å². The van der Waals surface area contributed by atoms with Gasteiger partial charge in [0.25, 0.3) is 0 Å². The fourth-order valence-corrected chi connectivity index (χ4v) is 7.63. The molecule has 1 nitrogen and oxygen atoms in total. The van der Waals surface area contributed by atoms with Crippen LogP contribution in [0.4, 0.5) is 0 Å². The van der Waals surface area contributed by atoms with Crippen LogP contribution >= 0.6 is 23.5 Å². The van der Waals surface area contributed by atoms with E-state index in [2.05, 4.69) is 43.4 Å². The first-order chi connectivity index (χ1) is 10.7. The van der Waals surface area contributed by atoms with Gasteiger partial charge in [-0.15, -0.1) is 23.5 Å². The van der Waals surface area contributed by atoms with Gasteiger partial charge in [-0.05, 0) is 61.9 Å². The van der Waals surface area contributed by atoms with E-state index >= 15 is 0 Å². The van der Waals surface area contributed by atoms with Crippen molar-refractivity contribution in [2.45, 2.75) is 82.6 Å². The molecule has 0 N–H and O–H groups in total. The Morgan fingerprint density at radius 1 is 1.05 bits per heavy atom. The smallest absolute Gasteiger partial charge is 0.0689 e. The van der Waals surface area contributed by atoms with Crippen LogP contribution in [0.15, 0.2) is 0 Å². The lowest BCUT2D eigenvalue weighted by atomic mass is 9.69. The highest BCUT2D eigenvalue weighted by Crippen LogP contribution is 2.49. The summed E-state index contributed by atoms with van der Waals surface area (Å²) < 4.78 is 0.820. The molecule has 2 aliphatic rings. The number of nitrogens with zero attached hydrogens (tertiary/aromatic N) is 1. The zero-order valence-electron chi connectivity index (χ0n) is 14.5. The Balaban J connectivity index is 1.71. The molecule has 22 heavy (non-hydrogen) atoms. The molecule has 0 radical (unpaired) electrons. The molecule has 0 amide bonds. The first-order valence-electron chi connectivity index (χ1n) is 9.37. The molecule has 0 atom stereocenters. The molecular weight excluding hydrogens is 306 g/mol. The lowest BCUT2D eigenvalue weighted by molar-refractivity contribution is 0.203. The van der Waals surface area contributed by atoms with E-state index in [1.54, 1.807) is 0 Å². The second-order valence-electron chi connectivity index (χ2n) is 7.38. The summed E-state index contributed by atoms with van der Waals surface area (Å²) in [6, 6.07) is 2.66. The van der Waals surface area contributed by atoms with Crippen molar-refractivity contribution in [3.63, 3.8) is 0 Å². The van der Waals surface area contributed by atoms with Crippen molar-refractivity contribution in [2.75, 3.05) is 11.5 Å². The molecule has 0 aromatic carbocycles. The summed E-state index contributed by atoms with van der Waals surface area (Å²) in [5.74, 6) is 4.59. The van der Waals surface area contributed by atoms with Gasteiger partial charge in [0.15, 0.2) is 0 Å². The molecule has 0 spiro atoms. The summed E-state index contributed by atoms with van der Waals surface area (Å²) >= 11 is 4.47. The Morgan fingerprint density at radius 3 is 2.27 bits per heavy atom. The van der Waals surface area contributed by atoms with E-state index < -0.39 is 0 Å². The molecule has 2 rings (SSSR count). The highest BCUT2D eigenvalue weighted by Gasteiger charge is 2.38. The second kappa shape index (κ2) is 9.48. The van der Waals surface area contributed by atoms with E-state index in [0.717, 1.165) is 42.1 Å². The SMILES string of the molecule is CCCCCC1CSC(C2CCC(C#N)(CCC)CC2)SC1. The monoisotopic (exact) mass is 339 g/mol. The number of thioether (sulfide) groups is 2. The van der Waals surface area contributed by atoms with E-state index in [9.17, 15) is 5.26 Å². The summed E-state index contributed by atoms with van der Waals surface area (Å²) in [6.45, 7) is 4.51. The zero-order chi connectivity index (χ0) is 15.8. The molecule has 3 heteroatoms. The van der Waals surface area contributed by atoms with Crippen LogP contribution in [0, 0.1) is 28.6 Å². The molecule has 1 aliphatic carbocycles. The number of hydrogen-bond donors (Lipinski definition) is 0. The molecular formula is C19H33NS2. The maximum absolute atomic E-state index is 9.55. The fourth-order valence-electron chi connectivity index (χ4n) is 4.04. The van der Waals surface area contributed by atoms with E-state index in [4.69, 9.17) is 0 Å². The van der Waals surface area contributed by atoms with Crippen molar-refractivity contribution >= 4 is 23.5 Å². The van der Waals surface area contributed by atoms with E-state index in [1.807, 2.05) is 0 Å². The fraction of sp³-hybridized carbons (Fsp3) is 0.947. The van der Waals surface area contributed by atoms with Crippen molar-refractivity contribution in [3.8, 4) is 6.07 Å². The average Bonchev–Trinajstić information content (AvgIpc) is 2.57. The van der Waals surface area contributed by atoms with Gasteiger partial charge in [-0.3, -0.25) is 0 Å². The van der Waals surface area contributed by atoms with Gasteiger partial charge in [0.2, 0.25) is 0 Å². The number of hydrogen-bond acceptors (Lipinski definition) is 3. The minimum atomic E-state index is 0.0257. The summed E-state index contributed by atoms with van der Waals surface area (Å²) in [5.41, 5.74) is 0.0257. The quantitative estimate of drug-likeness (QED) is 0.495. The van der Waals surface area contributed by atoms with Gasteiger partial charge in [0, 0.05) is 0 Å². The third-order valence-corrected chi connectivity index (χ3v) is 9.12. The van der Waals surface area contributed by atoms with E-state index in [1.165, 1.54) is 50.0 Å². The molecule has 1 saturated heterocycles. The van der Waals surface area contributed by atoms with Crippen LogP contribution in [0.25, 0.3) is 0 Å². The summed E-state index contributed by atoms with van der Waals surface area (Å²) in [6.07, 6.45) is 12.8. The molecule has 1 aliphatic heterocycles. The predicted molar refractivity (Wildman–Crippen MR) is 101 cm³/mol. The lowest BCUT2D eigenvalue weighted by Crippen LogP contribution is -2.31. The summed E-state index contributed by atoms with van der Waals surface area (Å²) in [5, 5.41) is 9.55. The highest BCUT2D eigenvalue weighted by atomic mass is 32.2. The average molecular weight is 340 g/mol. The van der Waals surface area contributed by atoms with Crippen LogP contribution in [-0.4, -0.2) is 16.1 Å². The number of nitriles is 1. The van der Waals surface area contributed by atoms with E-state index in [-0.39, 0.29) is 5.41 Å². The topological polar surface area (TPSA) is 23.8 Å². The summed E-state index contributed by atoms with van der Waals surface area (Å²) in [7, 11) is 0. The van der Waals surface area contributed by atoms with Gasteiger partial charge in [0.1, 0.15) is 0 Å². The van der Waals surface area contributed by atoms with Gasteiger partial charge in [-0.2, -0.15) is 5.26 Å². The zero-order valence-corrected chi connectivity index (χ0v) is 16.1. The Hall–Kier alpha value is 0.190. The molecule has 0 unspecified atom stereocenters. The van der Waals surface area contributed by atoms with Crippen LogP contribution < -0.4 is 0 Å². The molecule has 0 bridgehead atoms. The maximum atomic E-state index is 9.55. The Bertz CT molecular complexity index is 347. The predicted octanol–water partition coefficient (Wildman–Crippen LogP) is 6.49. The highest BCUT2D eigenvalue weighted by molar-refractivity contribution is 8.17. The Labute approximate surface area is 146 Å². The molecule has 126 valence electrons. The first-order valence-corrected chi connectivity index (χ1v) is 11.5. The van der Waals surface area contributed by atoms with Crippen LogP contribution in [0.5, 0.6) is 0 Å². The van der Waals surface area contributed by atoms with Gasteiger partial charge >= 0.3 is 0 Å². The third kappa shape index (κ3) is 5.10. The minimum absolute atomic E-state index is 0.0257. The first kappa shape index (κ1) is 18.5. The third-order valence-electron chi connectivity index (χ3n) is 5.55. The largest absolute Gasteiger partial charge is 0.198 e. The minimum Gasteiger partial charge on any atom is -0.198 e. The van der Waals surface area contributed by atoms with Crippen molar-refractivity contribution in [3.05, 3.63) is 0 Å². The number of rotatable bonds is 7. The Kier molecular flexibility index (Phi) is 7.98. The molecule has 0 aromatic heterocycles.